The molecule has 3 aromatic carbocycles. The molecule has 2 N–H and O–H groups in total. The van der Waals surface area contributed by atoms with Crippen LogP contribution in [-0.4, -0.2) is 109 Å². The van der Waals surface area contributed by atoms with Gasteiger partial charge in [-0.05, 0) is 96.7 Å². The van der Waals surface area contributed by atoms with Gasteiger partial charge in [0.15, 0.2) is 11.5 Å². The number of methoxy groups -OCH3 is 1. The second-order valence-electron chi connectivity index (χ2n) is 16.9. The maximum atomic E-state index is 14.4. The average molecular weight is 883 g/mol. The Morgan fingerprint density at radius 1 is 1.00 bits per heavy atom. The van der Waals surface area contributed by atoms with Gasteiger partial charge in [0.05, 0.1) is 30.3 Å². The van der Waals surface area contributed by atoms with Crippen molar-refractivity contribution in [2.45, 2.75) is 75.8 Å². The lowest BCUT2D eigenvalue weighted by atomic mass is 9.55. The number of carbonyl (C=O) groups is 1. The number of aliphatic hydroxyl groups excluding tert-OH is 2. The van der Waals surface area contributed by atoms with Crippen LogP contribution in [0.25, 0.3) is 0 Å². The van der Waals surface area contributed by atoms with Crippen LogP contribution < -0.4 is 18.9 Å². The first-order valence-electron chi connectivity index (χ1n) is 22.3. The second kappa shape index (κ2) is 20.4. The summed E-state index contributed by atoms with van der Waals surface area (Å²) < 4.78 is 37.7. The number of non-ortho nitro benzene ring substituents is 1. The molecule has 5 aliphatic rings. The van der Waals surface area contributed by atoms with E-state index in [1.54, 1.807) is 23.1 Å². The number of oxime groups is 1. The molecule has 6 atom stereocenters. The minimum atomic E-state index is -1.51. The molecule has 64 heavy (non-hydrogen) atoms. The largest absolute Gasteiger partial charge is 0.492 e. The normalized spacial score (nSPS) is 24.5. The van der Waals surface area contributed by atoms with Crippen LogP contribution in [0.5, 0.6) is 23.0 Å². The number of amides is 1. The third kappa shape index (κ3) is 9.70. The summed E-state index contributed by atoms with van der Waals surface area (Å²) in [5, 5.41) is 36.1. The van der Waals surface area contributed by atoms with Crippen molar-refractivity contribution in [2.75, 3.05) is 60.0 Å². The van der Waals surface area contributed by atoms with Gasteiger partial charge in [0.2, 0.25) is 12.6 Å². The highest BCUT2D eigenvalue weighted by Gasteiger charge is 2.65. The summed E-state index contributed by atoms with van der Waals surface area (Å²) in [5.41, 5.74) is 3.83. The number of nitrogens with zero attached hydrogens (tertiary/aromatic N) is 4. The number of unbranched alkanes of at least 4 members (excludes halogenated alkanes) is 2. The average Bonchev–Trinajstić information content (AvgIpc) is 4.02. The highest BCUT2D eigenvalue weighted by atomic mass is 16.7. The summed E-state index contributed by atoms with van der Waals surface area (Å²) in [5.74, 6) is 0.235. The summed E-state index contributed by atoms with van der Waals surface area (Å²) >= 11 is 0. The van der Waals surface area contributed by atoms with E-state index in [9.17, 15) is 25.1 Å². The van der Waals surface area contributed by atoms with E-state index >= 15 is 0 Å². The third-order valence-electron chi connectivity index (χ3n) is 13.0. The lowest BCUT2D eigenvalue weighted by molar-refractivity contribution is -0.384. The predicted octanol–water partition coefficient (Wildman–Crippen LogP) is 7.12. The van der Waals surface area contributed by atoms with E-state index < -0.39 is 28.8 Å². The molecule has 2 fully saturated rings. The molecule has 1 saturated carbocycles. The van der Waals surface area contributed by atoms with E-state index in [1.807, 2.05) is 30.3 Å². The van der Waals surface area contributed by atoms with Crippen LogP contribution in [0.15, 0.2) is 90.1 Å². The molecule has 16 heteroatoms. The molecule has 6 unspecified atom stereocenters. The summed E-state index contributed by atoms with van der Waals surface area (Å²) in [7, 11) is 1.35. The van der Waals surface area contributed by atoms with Gasteiger partial charge >= 0.3 is 6.09 Å². The van der Waals surface area contributed by atoms with Crippen molar-refractivity contribution >= 4 is 17.5 Å². The van der Waals surface area contributed by atoms with Gasteiger partial charge in [-0.1, -0.05) is 36.2 Å². The van der Waals surface area contributed by atoms with Gasteiger partial charge in [0.25, 0.3) is 5.69 Å². The molecular weight excluding hydrogens is 825 g/mol. The van der Waals surface area contributed by atoms with Gasteiger partial charge < -0.3 is 43.5 Å². The number of nitro benzene ring substituents is 1. The number of nitro groups is 1. The lowest BCUT2D eigenvalue weighted by Crippen LogP contribution is -2.70. The summed E-state index contributed by atoms with van der Waals surface area (Å²) in [6.45, 7) is 7.98. The quantitative estimate of drug-likeness (QED) is 0.0342. The van der Waals surface area contributed by atoms with Crippen molar-refractivity contribution in [1.82, 2.24) is 9.80 Å². The number of rotatable bonds is 22. The number of ether oxygens (including phenoxy) is 6. The van der Waals surface area contributed by atoms with Crippen molar-refractivity contribution < 1.29 is 53.2 Å². The first kappa shape index (κ1) is 44.9. The van der Waals surface area contributed by atoms with E-state index in [4.69, 9.17) is 38.4 Å². The molecule has 0 bridgehead atoms. The molecule has 0 spiro atoms. The Morgan fingerprint density at radius 2 is 1.75 bits per heavy atom. The molecule has 3 heterocycles. The number of aliphatic hydroxyl groups is 2. The third-order valence-corrected chi connectivity index (χ3v) is 13.0. The molecule has 0 aromatic heterocycles. The smallest absolute Gasteiger partial charge is 0.410 e. The first-order valence-corrected chi connectivity index (χ1v) is 22.3. The molecular formula is C48H58N4O12. The molecule has 3 aliphatic heterocycles. The molecule has 0 radical (unpaired) electrons. The van der Waals surface area contributed by atoms with Crippen molar-refractivity contribution in [2.24, 2.45) is 22.9 Å². The molecule has 1 saturated heterocycles. The Morgan fingerprint density at radius 3 is 2.48 bits per heavy atom. The fourth-order valence-electron chi connectivity index (χ4n) is 9.88. The van der Waals surface area contributed by atoms with Gasteiger partial charge in [-0.3, -0.25) is 19.9 Å². The zero-order valence-electron chi connectivity index (χ0n) is 36.3. The molecule has 1 amide bonds. The Kier molecular flexibility index (Phi) is 14.3. The Hall–Kier alpha value is -5.68. The van der Waals surface area contributed by atoms with E-state index in [0.29, 0.717) is 48.0 Å². The Balaban J connectivity index is 1.29. The van der Waals surface area contributed by atoms with Crippen LogP contribution >= 0.6 is 0 Å². The van der Waals surface area contributed by atoms with E-state index in [-0.39, 0.29) is 69.6 Å². The van der Waals surface area contributed by atoms with Crippen LogP contribution in [0.2, 0.25) is 0 Å². The van der Waals surface area contributed by atoms with Gasteiger partial charge in [0.1, 0.15) is 30.8 Å². The van der Waals surface area contributed by atoms with Crippen LogP contribution in [-0.2, 0) is 27.5 Å². The molecule has 342 valence electrons. The fraction of sp³-hybridized carbons (Fsp3) is 0.500. The van der Waals surface area contributed by atoms with Crippen molar-refractivity contribution in [3.63, 3.8) is 0 Å². The minimum absolute atomic E-state index is 0.0163. The standard InChI is InChI=1S/C48H58N4O12/c1-3-23-62-48-44(51(47(55)58-2)29-33-12-16-42-43(25-33)61-31-60-42)28-40(49-63-30-32-10-13-35(14-11-32)52(56)57)38-26-34(8-4-6-21-53)37(9-5-7-22-54)45(46(38)48)39-27-36(15-17-41(39)64-48)59-24-20-50-18-19-50/h3,10-17,25-27,34,37,44-46,53-54H,1,4-9,18-24,28-31H2,2H3. The zero-order valence-corrected chi connectivity index (χ0v) is 36.3. The molecule has 16 nitrogen and oxygen atoms in total. The maximum Gasteiger partial charge on any atom is 0.410 e. The monoisotopic (exact) mass is 882 g/mol. The Bertz CT molecular complexity index is 2190. The molecule has 3 aromatic rings. The van der Waals surface area contributed by atoms with Crippen molar-refractivity contribution in [1.29, 1.82) is 0 Å². The fourth-order valence-corrected chi connectivity index (χ4v) is 9.88. The van der Waals surface area contributed by atoms with E-state index in [0.717, 1.165) is 67.8 Å². The predicted molar refractivity (Wildman–Crippen MR) is 235 cm³/mol. The molecule has 2 aliphatic carbocycles. The number of carbonyl (C=O) groups excluding carboxylic acids is 1. The van der Waals surface area contributed by atoms with E-state index in [2.05, 4.69) is 23.6 Å². The lowest BCUT2D eigenvalue weighted by Gasteiger charge is -2.59. The summed E-state index contributed by atoms with van der Waals surface area (Å²) in [6.07, 6.45) is 7.88. The SMILES string of the molecule is C=CCOC12Oc3ccc(OCCN4CC4)cc3C3C(CCCCO)C(CCCCO)C=C(C(=NOCc4ccc([N+](=O)[O-])cc4)CC1N(Cc1ccc4c(c1)OCO4)C(=O)OC)C32. The van der Waals surface area contributed by atoms with Gasteiger partial charge in [-0.15, -0.1) is 6.58 Å². The number of fused-ring (bicyclic) bond motifs is 3. The Labute approximate surface area is 373 Å². The number of allylic oxidation sites excluding steroid dienone is 1. The van der Waals surface area contributed by atoms with Gasteiger partial charge in [-0.2, -0.15) is 0 Å². The van der Waals surface area contributed by atoms with Crippen LogP contribution in [0, 0.1) is 27.9 Å². The highest BCUT2D eigenvalue weighted by Crippen LogP contribution is 2.62. The summed E-state index contributed by atoms with van der Waals surface area (Å²) in [4.78, 5) is 35.4. The topological polar surface area (TPSA) is 184 Å². The number of hydrogen-bond acceptors (Lipinski definition) is 14. The maximum absolute atomic E-state index is 14.4. The van der Waals surface area contributed by atoms with Gasteiger partial charge in [-0.25, -0.2) is 4.79 Å². The van der Waals surface area contributed by atoms with Crippen LogP contribution in [0.3, 0.4) is 0 Å². The van der Waals surface area contributed by atoms with Crippen LogP contribution in [0.4, 0.5) is 10.5 Å². The first-order chi connectivity index (χ1) is 31.3. The second-order valence-corrected chi connectivity index (χ2v) is 16.9. The summed E-state index contributed by atoms with van der Waals surface area (Å²) in [6, 6.07) is 16.8. The molecule has 8 rings (SSSR count). The van der Waals surface area contributed by atoms with E-state index in [1.165, 1.54) is 19.2 Å². The number of hydrogen-bond donors (Lipinski definition) is 2. The minimum Gasteiger partial charge on any atom is -0.492 e. The van der Waals surface area contributed by atoms with Crippen molar-refractivity contribution in [3.05, 3.63) is 112 Å². The van der Waals surface area contributed by atoms with Crippen LogP contribution in [0.1, 0.15) is 67.6 Å². The zero-order chi connectivity index (χ0) is 44.6. The highest BCUT2D eigenvalue weighted by molar-refractivity contribution is 6.03. The van der Waals surface area contributed by atoms with Gasteiger partial charge in [0, 0.05) is 69.4 Å². The number of benzene rings is 3. The van der Waals surface area contributed by atoms with Crippen molar-refractivity contribution in [3.8, 4) is 23.0 Å².